The molecule has 0 fully saturated rings. The van der Waals surface area contributed by atoms with E-state index in [1.165, 1.54) is 43.1 Å². The van der Waals surface area contributed by atoms with Gasteiger partial charge in [0.1, 0.15) is 17.5 Å². The highest BCUT2D eigenvalue weighted by Crippen LogP contribution is 2.47. The normalized spacial score (nSPS) is 22.5. The van der Waals surface area contributed by atoms with Crippen LogP contribution in [-0.4, -0.2) is 57.9 Å². The molecular weight excluding hydrogens is 420 g/mol. The van der Waals surface area contributed by atoms with Gasteiger partial charge in [-0.25, -0.2) is 4.79 Å². The first-order valence-electron chi connectivity index (χ1n) is 9.77. The van der Waals surface area contributed by atoms with Gasteiger partial charge in [0.05, 0.1) is 11.0 Å². The van der Waals surface area contributed by atoms with Gasteiger partial charge >= 0.3 is 5.97 Å². The predicted molar refractivity (Wildman–Crippen MR) is 113 cm³/mol. The van der Waals surface area contributed by atoms with Gasteiger partial charge in [-0.15, -0.1) is 0 Å². The summed E-state index contributed by atoms with van der Waals surface area (Å²) in [6, 6.07) is 11.5. The zero-order valence-electron chi connectivity index (χ0n) is 17.6. The Labute approximate surface area is 182 Å². The van der Waals surface area contributed by atoms with E-state index in [4.69, 9.17) is 14.2 Å². The van der Waals surface area contributed by atoms with Crippen molar-refractivity contribution in [1.82, 2.24) is 4.57 Å². The molecule has 1 aliphatic rings. The number of aromatic carboxylic acids is 1. The molecule has 0 unspecified atom stereocenters. The number of nitro benzene ring substituents is 1. The Morgan fingerprint density at radius 3 is 2.53 bits per heavy atom. The highest BCUT2D eigenvalue weighted by molar-refractivity contribution is 5.95. The summed E-state index contributed by atoms with van der Waals surface area (Å²) in [6.07, 6.45) is -2.41. The number of carboxylic acids is 1. The summed E-state index contributed by atoms with van der Waals surface area (Å²) < 4.78 is 18.3. The van der Waals surface area contributed by atoms with Gasteiger partial charge in [0, 0.05) is 42.8 Å². The Kier molecular flexibility index (Phi) is 5.37. The average molecular weight is 442 g/mol. The number of rotatable bonds is 6. The number of para-hydroxylation sites is 1. The molecule has 3 atom stereocenters. The van der Waals surface area contributed by atoms with Crippen molar-refractivity contribution in [3.8, 4) is 5.75 Å². The number of benzene rings is 2. The van der Waals surface area contributed by atoms with Crippen LogP contribution in [0.15, 0.2) is 48.5 Å². The number of aromatic nitrogens is 1. The molecule has 0 amide bonds. The fourth-order valence-electron chi connectivity index (χ4n) is 4.43. The summed E-state index contributed by atoms with van der Waals surface area (Å²) >= 11 is 0. The van der Waals surface area contributed by atoms with E-state index in [1.807, 2.05) is 0 Å². The Hall–Kier alpha value is -3.47. The van der Waals surface area contributed by atoms with Crippen LogP contribution in [0.4, 0.5) is 5.69 Å². The van der Waals surface area contributed by atoms with Crippen LogP contribution in [0.2, 0.25) is 0 Å². The number of aliphatic hydroxyl groups is 1. The molecule has 1 aromatic heterocycles. The number of aliphatic hydroxyl groups excluding tert-OH is 1. The van der Waals surface area contributed by atoms with Crippen molar-refractivity contribution in [1.29, 1.82) is 0 Å². The second-order valence-corrected chi connectivity index (χ2v) is 7.72. The first-order chi connectivity index (χ1) is 15.2. The molecule has 2 aromatic carbocycles. The highest BCUT2D eigenvalue weighted by atomic mass is 16.7. The second kappa shape index (κ2) is 7.90. The van der Waals surface area contributed by atoms with Crippen molar-refractivity contribution in [2.45, 2.75) is 31.0 Å². The van der Waals surface area contributed by atoms with Gasteiger partial charge in [-0.2, -0.15) is 0 Å². The van der Waals surface area contributed by atoms with Crippen LogP contribution in [0, 0.1) is 10.1 Å². The molecule has 0 radical (unpaired) electrons. The topological polar surface area (TPSA) is 133 Å². The number of fused-ring (bicyclic) bond motifs is 2. The van der Waals surface area contributed by atoms with Crippen LogP contribution in [0.3, 0.4) is 0 Å². The van der Waals surface area contributed by atoms with Crippen molar-refractivity contribution in [3.05, 3.63) is 69.9 Å². The number of hydrogen-bond acceptors (Lipinski definition) is 7. The maximum atomic E-state index is 12.1. The van der Waals surface area contributed by atoms with E-state index in [0.717, 1.165) is 0 Å². The Balaban J connectivity index is 2.05. The minimum atomic E-state index is -1.46. The Morgan fingerprint density at radius 1 is 1.22 bits per heavy atom. The van der Waals surface area contributed by atoms with Crippen molar-refractivity contribution >= 4 is 22.6 Å². The first-order valence-corrected chi connectivity index (χ1v) is 9.77. The fraction of sp³-hybridized carbons (Fsp3) is 0.318. The van der Waals surface area contributed by atoms with Crippen LogP contribution >= 0.6 is 0 Å². The molecule has 2 heterocycles. The molecule has 32 heavy (non-hydrogen) atoms. The average Bonchev–Trinajstić information content (AvgIpc) is 3.15. The quantitative estimate of drug-likeness (QED) is 0.338. The van der Waals surface area contributed by atoms with E-state index in [9.17, 15) is 25.1 Å². The minimum Gasteiger partial charge on any atom is -0.479 e. The molecule has 2 N–H and O–H groups in total. The monoisotopic (exact) mass is 442 g/mol. The summed E-state index contributed by atoms with van der Waals surface area (Å²) in [6.45, 7) is 1.58. The molecule has 0 saturated heterocycles. The Morgan fingerprint density at radius 2 is 1.91 bits per heavy atom. The van der Waals surface area contributed by atoms with Gasteiger partial charge in [0.25, 0.3) is 5.69 Å². The third kappa shape index (κ3) is 3.20. The summed E-state index contributed by atoms with van der Waals surface area (Å²) in [5, 5.41) is 33.6. The fourth-order valence-corrected chi connectivity index (χ4v) is 4.43. The van der Waals surface area contributed by atoms with Gasteiger partial charge in [-0.3, -0.25) is 10.1 Å². The third-order valence-corrected chi connectivity index (χ3v) is 5.88. The summed E-state index contributed by atoms with van der Waals surface area (Å²) in [5.41, 5.74) is -0.931. The van der Waals surface area contributed by atoms with Crippen molar-refractivity contribution in [2.75, 3.05) is 14.2 Å². The smallest absolute Gasteiger partial charge is 0.352 e. The molecule has 168 valence electrons. The molecule has 1 aliphatic heterocycles. The molecular formula is C22H22N2O8. The van der Waals surface area contributed by atoms with Gasteiger partial charge in [0.15, 0.2) is 11.9 Å². The zero-order valence-corrected chi connectivity index (χ0v) is 17.6. The first kappa shape index (κ1) is 21.8. The molecule has 10 heteroatoms. The lowest BCUT2D eigenvalue weighted by molar-refractivity contribution is -0.385. The van der Waals surface area contributed by atoms with Crippen molar-refractivity contribution in [3.63, 3.8) is 0 Å². The molecule has 0 saturated carbocycles. The molecule has 0 aliphatic carbocycles. The number of non-ortho nitro benzene ring substituents is 1. The van der Waals surface area contributed by atoms with Crippen molar-refractivity contribution < 1.29 is 34.1 Å². The standard InChI is InChI=1S/C22H22N2O8/c1-22(21(30-2)31-3)19(25)18(14-11-13(24(28)29)8-9-17(14)32-22)23-15-7-5-4-6-12(15)10-16(23)20(26)27/h4-11,18-19,21,25H,1-3H3,(H,26,27)/t18-,19+,22+/m1/s1. The van der Waals surface area contributed by atoms with E-state index in [1.54, 1.807) is 31.2 Å². The lowest BCUT2D eigenvalue weighted by atomic mass is 9.84. The van der Waals surface area contributed by atoms with E-state index >= 15 is 0 Å². The number of methoxy groups -OCH3 is 2. The molecule has 3 aromatic rings. The zero-order chi connectivity index (χ0) is 23.2. The maximum absolute atomic E-state index is 12.1. The lowest BCUT2D eigenvalue weighted by Crippen LogP contribution is -2.60. The SMILES string of the molecule is COC(OC)[C@@]1(C)Oc2ccc([N+](=O)[O-])cc2[C@@H](n2c(C(=O)O)cc3ccccc32)[C@@H]1O. The van der Waals surface area contributed by atoms with E-state index < -0.39 is 34.9 Å². The van der Waals surface area contributed by atoms with Crippen LogP contribution in [-0.2, 0) is 9.47 Å². The largest absolute Gasteiger partial charge is 0.479 e. The second-order valence-electron chi connectivity index (χ2n) is 7.72. The predicted octanol–water partition coefficient (Wildman–Crippen LogP) is 2.97. The van der Waals surface area contributed by atoms with Gasteiger partial charge < -0.3 is 29.0 Å². The van der Waals surface area contributed by atoms with E-state index in [2.05, 4.69) is 0 Å². The third-order valence-electron chi connectivity index (χ3n) is 5.88. The number of ether oxygens (including phenoxy) is 3. The molecule has 0 spiro atoms. The van der Waals surface area contributed by atoms with E-state index in [0.29, 0.717) is 10.9 Å². The minimum absolute atomic E-state index is 0.0802. The lowest BCUT2D eigenvalue weighted by Gasteiger charge is -2.47. The van der Waals surface area contributed by atoms with Crippen LogP contribution in [0.1, 0.15) is 29.0 Å². The van der Waals surface area contributed by atoms with Crippen LogP contribution in [0.5, 0.6) is 5.75 Å². The summed E-state index contributed by atoms with van der Waals surface area (Å²) in [5.74, 6) is -0.953. The molecule has 10 nitrogen and oxygen atoms in total. The van der Waals surface area contributed by atoms with Gasteiger partial charge in [-0.05, 0) is 25.1 Å². The van der Waals surface area contributed by atoms with E-state index in [-0.39, 0.29) is 22.7 Å². The maximum Gasteiger partial charge on any atom is 0.352 e. The number of nitrogens with zero attached hydrogens (tertiary/aromatic N) is 2. The number of nitro groups is 1. The number of carbonyl (C=O) groups is 1. The highest BCUT2D eigenvalue weighted by Gasteiger charge is 2.53. The van der Waals surface area contributed by atoms with Crippen LogP contribution in [0.25, 0.3) is 10.9 Å². The molecule has 4 rings (SSSR count). The van der Waals surface area contributed by atoms with Gasteiger partial charge in [0.2, 0.25) is 0 Å². The van der Waals surface area contributed by atoms with Gasteiger partial charge in [-0.1, -0.05) is 18.2 Å². The number of hydrogen-bond donors (Lipinski definition) is 2. The molecule has 0 bridgehead atoms. The summed E-state index contributed by atoms with van der Waals surface area (Å²) in [4.78, 5) is 23.0. The summed E-state index contributed by atoms with van der Waals surface area (Å²) in [7, 11) is 2.78. The number of carboxylic acid groups (broad SMARTS) is 1. The van der Waals surface area contributed by atoms with Crippen molar-refractivity contribution in [2.24, 2.45) is 0 Å². The van der Waals surface area contributed by atoms with Crippen LogP contribution < -0.4 is 4.74 Å². The Bertz CT molecular complexity index is 1200.